The summed E-state index contributed by atoms with van der Waals surface area (Å²) in [6.07, 6.45) is 1.96. The van der Waals surface area contributed by atoms with Crippen LogP contribution in [-0.4, -0.2) is 56.8 Å². The van der Waals surface area contributed by atoms with Gasteiger partial charge in [-0.2, -0.15) is 0 Å². The molecule has 1 heterocycles. The summed E-state index contributed by atoms with van der Waals surface area (Å²) in [6.45, 7) is 7.16. The van der Waals surface area contributed by atoms with Crippen LogP contribution < -0.4 is 9.05 Å². The molecule has 3 rings (SSSR count). The zero-order valence-electron chi connectivity index (χ0n) is 23.8. The molecule has 0 N–H and O–H groups in total. The lowest BCUT2D eigenvalue weighted by Gasteiger charge is -2.41. The van der Waals surface area contributed by atoms with Crippen molar-refractivity contribution < 1.29 is 41.9 Å². The number of esters is 1. The lowest BCUT2D eigenvalue weighted by Crippen LogP contribution is -2.60. The maximum absolute atomic E-state index is 13.9. The Labute approximate surface area is 238 Å². The molecule has 2 aromatic rings. The second-order valence-corrected chi connectivity index (χ2v) is 11.1. The van der Waals surface area contributed by atoms with Crippen LogP contribution in [-0.2, 0) is 32.8 Å². The van der Waals surface area contributed by atoms with Gasteiger partial charge in [0, 0.05) is 19.8 Å². The predicted octanol–water partition coefficient (Wildman–Crippen LogP) is 6.75. The zero-order chi connectivity index (χ0) is 28.6. The molecule has 40 heavy (non-hydrogen) atoms. The molecule has 10 heteroatoms. The molecule has 0 aliphatic carbocycles. The largest absolute Gasteiger partial charge is 0.587 e. The normalized spacial score (nSPS) is 21.1. The van der Waals surface area contributed by atoms with Gasteiger partial charge >= 0.3 is 13.8 Å². The third kappa shape index (κ3) is 10.2. The van der Waals surface area contributed by atoms with Crippen LogP contribution in [0.4, 0.5) is 0 Å². The summed E-state index contributed by atoms with van der Waals surface area (Å²) in [5.74, 6) is 0.0518. The first kappa shape index (κ1) is 32.1. The Morgan fingerprint density at radius 3 is 1.68 bits per heavy atom. The van der Waals surface area contributed by atoms with Crippen molar-refractivity contribution in [1.29, 1.82) is 0 Å². The highest BCUT2D eigenvalue weighted by Crippen LogP contribution is 2.50. The average molecular weight is 579 g/mol. The molecule has 1 aliphatic rings. The third-order valence-corrected chi connectivity index (χ3v) is 7.55. The lowest BCUT2D eigenvalue weighted by molar-refractivity contribution is -0.231. The van der Waals surface area contributed by atoms with E-state index in [0.717, 1.165) is 38.5 Å². The Hall–Kier alpha value is -2.42. The Balaban J connectivity index is 1.83. The number of carbonyl (C=O) groups excluding carboxylic acids is 1. The van der Waals surface area contributed by atoms with Crippen LogP contribution in [0.1, 0.15) is 59.3 Å². The number of phosphoric ester groups is 1. The number of unbranched alkanes of at least 4 members (excludes halogenated alkanes) is 3. The van der Waals surface area contributed by atoms with Crippen LogP contribution in [0.2, 0.25) is 0 Å². The van der Waals surface area contributed by atoms with E-state index in [-0.39, 0.29) is 6.61 Å². The molecular weight excluding hydrogens is 535 g/mol. The molecule has 9 nitrogen and oxygen atoms in total. The summed E-state index contributed by atoms with van der Waals surface area (Å²) in [7, 11) is -4.21. The van der Waals surface area contributed by atoms with Crippen molar-refractivity contribution in [2.75, 3.05) is 26.4 Å². The van der Waals surface area contributed by atoms with Crippen LogP contribution in [0, 0.1) is 0 Å². The van der Waals surface area contributed by atoms with Gasteiger partial charge < -0.3 is 28.0 Å². The summed E-state index contributed by atoms with van der Waals surface area (Å²) in [6, 6.07) is 17.2. The quantitative estimate of drug-likeness (QED) is 0.102. The number of para-hydroxylation sites is 2. The van der Waals surface area contributed by atoms with Crippen LogP contribution in [0.25, 0.3) is 0 Å². The fourth-order valence-electron chi connectivity index (χ4n) is 4.02. The van der Waals surface area contributed by atoms with Gasteiger partial charge in [0.2, 0.25) is 0 Å². The molecule has 1 fully saturated rings. The standard InChI is InChI=1S/C30H43O9P/c1-4-7-20-33-27-26(37-30(31)29(35-22-9-6-3)28(27)34-21-8-5-2)23-36-40(32,38-24-16-12-10-13-17-24)39-25-18-14-11-15-19-25/h10-19,26-29H,4-9,20-23H2,1-3H3/t26?,27-,28+,29?/m1/s1. The minimum atomic E-state index is -4.21. The van der Waals surface area contributed by atoms with E-state index in [1.807, 2.05) is 12.1 Å². The van der Waals surface area contributed by atoms with E-state index in [0.29, 0.717) is 31.3 Å². The lowest BCUT2D eigenvalue weighted by atomic mass is 9.99. The van der Waals surface area contributed by atoms with Crippen LogP contribution in [0.15, 0.2) is 60.7 Å². The van der Waals surface area contributed by atoms with Crippen LogP contribution >= 0.6 is 7.82 Å². The van der Waals surface area contributed by atoms with Crippen molar-refractivity contribution >= 4 is 13.8 Å². The number of rotatable bonds is 19. The molecule has 0 saturated carbocycles. The van der Waals surface area contributed by atoms with E-state index in [1.54, 1.807) is 48.5 Å². The van der Waals surface area contributed by atoms with Crippen molar-refractivity contribution in [1.82, 2.24) is 0 Å². The van der Waals surface area contributed by atoms with E-state index in [2.05, 4.69) is 20.8 Å². The summed E-state index contributed by atoms with van der Waals surface area (Å²) in [5, 5.41) is 0. The number of hydrogen-bond acceptors (Lipinski definition) is 9. The van der Waals surface area contributed by atoms with Crippen molar-refractivity contribution in [3.63, 3.8) is 0 Å². The van der Waals surface area contributed by atoms with E-state index in [4.69, 9.17) is 32.5 Å². The fraction of sp³-hybridized carbons (Fsp3) is 0.567. The Morgan fingerprint density at radius 1 is 0.700 bits per heavy atom. The summed E-state index contributed by atoms with van der Waals surface area (Å²) >= 11 is 0. The highest BCUT2D eigenvalue weighted by Gasteiger charge is 2.49. The summed E-state index contributed by atoms with van der Waals surface area (Å²) in [5.41, 5.74) is 0. The zero-order valence-corrected chi connectivity index (χ0v) is 24.7. The molecule has 0 amide bonds. The maximum Gasteiger partial charge on any atom is 0.587 e. The Kier molecular flexibility index (Phi) is 14.0. The molecule has 0 spiro atoms. The number of cyclic esters (lactones) is 1. The van der Waals surface area contributed by atoms with E-state index < -0.39 is 38.2 Å². The van der Waals surface area contributed by atoms with E-state index in [1.165, 1.54) is 0 Å². The number of hydrogen-bond donors (Lipinski definition) is 0. The average Bonchev–Trinajstić information content (AvgIpc) is 2.95. The monoisotopic (exact) mass is 578 g/mol. The maximum atomic E-state index is 13.9. The highest BCUT2D eigenvalue weighted by atomic mass is 31.2. The van der Waals surface area contributed by atoms with Gasteiger partial charge in [0.15, 0.2) is 12.2 Å². The molecule has 0 radical (unpaired) electrons. The highest BCUT2D eigenvalue weighted by molar-refractivity contribution is 7.49. The number of carbonyl (C=O) groups is 1. The van der Waals surface area contributed by atoms with Gasteiger partial charge in [-0.25, -0.2) is 9.36 Å². The Bertz CT molecular complexity index is 975. The van der Waals surface area contributed by atoms with Crippen LogP contribution in [0.5, 0.6) is 11.5 Å². The molecule has 0 bridgehead atoms. The van der Waals surface area contributed by atoms with Gasteiger partial charge in [-0.05, 0) is 43.5 Å². The van der Waals surface area contributed by atoms with Crippen LogP contribution in [0.3, 0.4) is 0 Å². The van der Waals surface area contributed by atoms with Gasteiger partial charge in [-0.15, -0.1) is 0 Å². The van der Waals surface area contributed by atoms with Crippen molar-refractivity contribution in [3.05, 3.63) is 60.7 Å². The number of phosphoric acid groups is 1. The van der Waals surface area contributed by atoms with Gasteiger partial charge in [-0.1, -0.05) is 76.4 Å². The molecule has 1 aliphatic heterocycles. The predicted molar refractivity (Wildman–Crippen MR) is 152 cm³/mol. The number of benzene rings is 2. The van der Waals surface area contributed by atoms with Crippen molar-refractivity contribution in [3.8, 4) is 11.5 Å². The molecule has 222 valence electrons. The second kappa shape index (κ2) is 17.4. The second-order valence-electron chi connectivity index (χ2n) is 9.55. The first-order chi connectivity index (χ1) is 19.5. The van der Waals surface area contributed by atoms with Crippen molar-refractivity contribution in [2.24, 2.45) is 0 Å². The third-order valence-electron chi connectivity index (χ3n) is 6.22. The van der Waals surface area contributed by atoms with E-state index >= 15 is 0 Å². The number of ether oxygens (including phenoxy) is 4. The first-order valence-corrected chi connectivity index (χ1v) is 15.7. The first-order valence-electron chi connectivity index (χ1n) is 14.3. The molecule has 0 aromatic heterocycles. The smallest absolute Gasteiger partial charge is 0.455 e. The molecular formula is C30H43O9P. The topological polar surface area (TPSA) is 98.8 Å². The molecule has 1 saturated heterocycles. The van der Waals surface area contributed by atoms with Gasteiger partial charge in [0.25, 0.3) is 0 Å². The fourth-order valence-corrected chi connectivity index (χ4v) is 5.25. The minimum Gasteiger partial charge on any atom is -0.455 e. The van der Waals surface area contributed by atoms with Gasteiger partial charge in [0.1, 0.15) is 30.3 Å². The summed E-state index contributed by atoms with van der Waals surface area (Å²) in [4.78, 5) is 13.2. The summed E-state index contributed by atoms with van der Waals surface area (Å²) < 4.78 is 55.3. The minimum absolute atomic E-state index is 0.297. The Morgan fingerprint density at radius 2 is 1.18 bits per heavy atom. The van der Waals surface area contributed by atoms with Gasteiger partial charge in [-0.3, -0.25) is 4.52 Å². The molecule has 4 atom stereocenters. The molecule has 2 aromatic carbocycles. The van der Waals surface area contributed by atoms with Crippen molar-refractivity contribution in [2.45, 2.75) is 83.7 Å². The molecule has 2 unspecified atom stereocenters. The van der Waals surface area contributed by atoms with Gasteiger partial charge in [0.05, 0.1) is 0 Å². The van der Waals surface area contributed by atoms with E-state index in [9.17, 15) is 9.36 Å². The SMILES string of the molecule is CCCCOC1C(=O)OC(COP(=O)(Oc2ccccc2)Oc2ccccc2)[C@@H](OCCCC)[C@@H]1OCCCC.